The maximum absolute atomic E-state index is 12.5. The highest BCUT2D eigenvalue weighted by atomic mass is 16.5. The van der Waals surface area contributed by atoms with E-state index in [0.29, 0.717) is 28.3 Å². The number of carbonyl (C=O) groups is 2. The van der Waals surface area contributed by atoms with Crippen molar-refractivity contribution in [2.24, 2.45) is 5.41 Å². The smallest absolute Gasteiger partial charge is 0.335 e. The van der Waals surface area contributed by atoms with E-state index in [1.165, 1.54) is 12.1 Å². The van der Waals surface area contributed by atoms with Crippen LogP contribution in [-0.2, 0) is 6.61 Å². The van der Waals surface area contributed by atoms with Crippen LogP contribution in [-0.4, -0.2) is 31.9 Å². The lowest BCUT2D eigenvalue weighted by Crippen LogP contribution is -2.20. The number of aromatic hydroxyl groups is 1. The van der Waals surface area contributed by atoms with E-state index < -0.39 is 11.4 Å². The maximum Gasteiger partial charge on any atom is 0.335 e. The summed E-state index contributed by atoms with van der Waals surface area (Å²) in [5, 5.41) is 19.6. The van der Waals surface area contributed by atoms with Crippen LogP contribution in [0.4, 0.5) is 0 Å². The molecule has 0 fully saturated rings. The molecule has 160 valence electrons. The summed E-state index contributed by atoms with van der Waals surface area (Å²) in [6.45, 7) is 7.21. The van der Waals surface area contributed by atoms with Gasteiger partial charge in [0.05, 0.1) is 34.9 Å². The molecule has 2 aromatic carbocycles. The first-order valence-electron chi connectivity index (χ1n) is 9.72. The van der Waals surface area contributed by atoms with Crippen molar-refractivity contribution in [1.82, 2.24) is 9.97 Å². The van der Waals surface area contributed by atoms with Gasteiger partial charge in [0, 0.05) is 16.5 Å². The number of aromatic nitrogens is 2. The van der Waals surface area contributed by atoms with Crippen LogP contribution in [0.15, 0.2) is 48.8 Å². The van der Waals surface area contributed by atoms with Crippen molar-refractivity contribution in [3.05, 3.63) is 71.2 Å². The Hall–Kier alpha value is -3.74. The average molecular weight is 420 g/mol. The fourth-order valence-corrected chi connectivity index (χ4v) is 2.97. The maximum atomic E-state index is 12.5. The van der Waals surface area contributed by atoms with E-state index in [1.54, 1.807) is 64.4 Å². The number of ketones is 1. The lowest BCUT2D eigenvalue weighted by Gasteiger charge is -2.19. The minimum atomic E-state index is -1.01. The van der Waals surface area contributed by atoms with Gasteiger partial charge in [-0.1, -0.05) is 32.9 Å². The number of hydrogen-bond acceptors (Lipinski definition) is 6. The van der Waals surface area contributed by atoms with Crippen molar-refractivity contribution >= 4 is 11.8 Å². The Morgan fingerprint density at radius 2 is 1.81 bits per heavy atom. The summed E-state index contributed by atoms with van der Waals surface area (Å²) in [6, 6.07) is 9.69. The SMILES string of the molecule is Cc1c(OCc2cnc(-c3cccc(C(=O)O)c3)cn2)ccc(C(=O)C(C)(C)C)c1O. The lowest BCUT2D eigenvalue weighted by molar-refractivity contribution is 0.0696. The van der Waals surface area contributed by atoms with Gasteiger partial charge in [-0.2, -0.15) is 0 Å². The van der Waals surface area contributed by atoms with Gasteiger partial charge in [0.15, 0.2) is 5.78 Å². The van der Waals surface area contributed by atoms with Crippen molar-refractivity contribution in [2.75, 3.05) is 0 Å². The minimum absolute atomic E-state index is 0.0860. The first-order valence-corrected chi connectivity index (χ1v) is 9.72. The third-order valence-electron chi connectivity index (χ3n) is 4.79. The first kappa shape index (κ1) is 22.0. The highest BCUT2D eigenvalue weighted by Crippen LogP contribution is 2.34. The topological polar surface area (TPSA) is 110 Å². The number of hydrogen-bond donors (Lipinski definition) is 2. The van der Waals surface area contributed by atoms with Crippen molar-refractivity contribution < 1.29 is 24.5 Å². The van der Waals surface area contributed by atoms with Crippen LogP contribution >= 0.6 is 0 Å². The van der Waals surface area contributed by atoms with E-state index in [-0.39, 0.29) is 29.3 Å². The molecule has 0 unspecified atom stereocenters. The summed E-state index contributed by atoms with van der Waals surface area (Å²) in [7, 11) is 0. The second-order valence-corrected chi connectivity index (χ2v) is 8.23. The average Bonchev–Trinajstić information content (AvgIpc) is 2.74. The molecular weight excluding hydrogens is 396 g/mol. The van der Waals surface area contributed by atoms with Gasteiger partial charge >= 0.3 is 5.97 Å². The van der Waals surface area contributed by atoms with E-state index in [9.17, 15) is 14.7 Å². The molecule has 0 radical (unpaired) electrons. The fraction of sp³-hybridized carbons (Fsp3) is 0.250. The second kappa shape index (κ2) is 8.55. The van der Waals surface area contributed by atoms with Crippen LogP contribution in [0.5, 0.6) is 11.5 Å². The summed E-state index contributed by atoms with van der Waals surface area (Å²) in [4.78, 5) is 32.3. The predicted octanol–water partition coefficient (Wildman–Crippen LogP) is 4.66. The number of carboxylic acids is 1. The Morgan fingerprint density at radius 1 is 1.06 bits per heavy atom. The monoisotopic (exact) mass is 420 g/mol. The number of nitrogens with zero attached hydrogens (tertiary/aromatic N) is 2. The van der Waals surface area contributed by atoms with E-state index >= 15 is 0 Å². The molecule has 3 rings (SSSR count). The molecule has 0 aliphatic heterocycles. The number of phenolic OH excluding ortho intramolecular Hbond substituents is 1. The van der Waals surface area contributed by atoms with Crippen LogP contribution in [0.1, 0.15) is 52.7 Å². The van der Waals surface area contributed by atoms with Crippen molar-refractivity contribution in [3.8, 4) is 22.8 Å². The standard InChI is InChI=1S/C24H24N2O5/c1-14-20(9-8-18(21(14)27)22(28)24(2,3)4)31-13-17-11-26-19(12-25-17)15-6-5-7-16(10-15)23(29)30/h5-12,27H,13H2,1-4H3,(H,29,30). The Labute approximate surface area is 180 Å². The second-order valence-electron chi connectivity index (χ2n) is 8.23. The molecule has 3 aromatic rings. The molecule has 31 heavy (non-hydrogen) atoms. The van der Waals surface area contributed by atoms with Crippen LogP contribution in [0.2, 0.25) is 0 Å². The number of ether oxygens (including phenoxy) is 1. The number of carbonyl (C=O) groups excluding carboxylic acids is 1. The van der Waals surface area contributed by atoms with Crippen LogP contribution < -0.4 is 4.74 Å². The van der Waals surface area contributed by atoms with Gasteiger partial charge in [-0.05, 0) is 31.2 Å². The van der Waals surface area contributed by atoms with Gasteiger partial charge in [-0.25, -0.2) is 4.79 Å². The summed E-state index contributed by atoms with van der Waals surface area (Å²) in [6.07, 6.45) is 3.10. The quantitative estimate of drug-likeness (QED) is 0.558. The molecule has 7 nitrogen and oxygen atoms in total. The molecule has 0 saturated heterocycles. The number of aromatic carboxylic acids is 1. The van der Waals surface area contributed by atoms with Gasteiger partial charge in [0.1, 0.15) is 18.1 Å². The summed E-state index contributed by atoms with van der Waals surface area (Å²) in [5.74, 6) is -0.790. The molecule has 0 saturated carbocycles. The Kier molecular flexibility index (Phi) is 6.06. The Balaban J connectivity index is 1.73. The van der Waals surface area contributed by atoms with E-state index in [4.69, 9.17) is 9.84 Å². The molecule has 7 heteroatoms. The van der Waals surface area contributed by atoms with Gasteiger partial charge < -0.3 is 14.9 Å². The molecular formula is C24H24N2O5. The third kappa shape index (κ3) is 4.88. The molecule has 0 bridgehead atoms. The zero-order chi connectivity index (χ0) is 22.8. The van der Waals surface area contributed by atoms with Crippen LogP contribution in [0.3, 0.4) is 0 Å². The van der Waals surface area contributed by atoms with E-state index in [2.05, 4.69) is 9.97 Å². The minimum Gasteiger partial charge on any atom is -0.507 e. The number of rotatable bonds is 6. The van der Waals surface area contributed by atoms with Crippen molar-refractivity contribution in [1.29, 1.82) is 0 Å². The summed E-state index contributed by atoms with van der Waals surface area (Å²) >= 11 is 0. The fourth-order valence-electron chi connectivity index (χ4n) is 2.97. The number of carboxylic acid groups (broad SMARTS) is 1. The number of phenols is 1. The normalized spacial score (nSPS) is 11.2. The van der Waals surface area contributed by atoms with Crippen LogP contribution in [0.25, 0.3) is 11.3 Å². The van der Waals surface area contributed by atoms with E-state index in [1.807, 2.05) is 0 Å². The molecule has 0 spiro atoms. The van der Waals surface area contributed by atoms with E-state index in [0.717, 1.165) is 0 Å². The summed E-state index contributed by atoms with van der Waals surface area (Å²) < 4.78 is 5.77. The van der Waals surface area contributed by atoms with Gasteiger partial charge in [-0.3, -0.25) is 14.8 Å². The molecule has 0 atom stereocenters. The van der Waals surface area contributed by atoms with Crippen molar-refractivity contribution in [2.45, 2.75) is 34.3 Å². The van der Waals surface area contributed by atoms with Crippen molar-refractivity contribution in [3.63, 3.8) is 0 Å². The Bertz CT molecular complexity index is 1130. The summed E-state index contributed by atoms with van der Waals surface area (Å²) in [5.41, 5.74) is 2.08. The predicted molar refractivity (Wildman–Crippen MR) is 115 cm³/mol. The molecule has 1 heterocycles. The third-order valence-corrected chi connectivity index (χ3v) is 4.79. The number of benzene rings is 2. The zero-order valence-electron chi connectivity index (χ0n) is 17.8. The van der Waals surface area contributed by atoms with Gasteiger partial charge in [-0.15, -0.1) is 0 Å². The largest absolute Gasteiger partial charge is 0.507 e. The molecule has 2 N–H and O–H groups in total. The zero-order valence-corrected chi connectivity index (χ0v) is 17.8. The molecule has 0 amide bonds. The number of Topliss-reactive ketones (excluding diaryl/α,β-unsaturated/α-hetero) is 1. The van der Waals surface area contributed by atoms with Gasteiger partial charge in [0.25, 0.3) is 0 Å². The Morgan fingerprint density at radius 3 is 2.42 bits per heavy atom. The lowest BCUT2D eigenvalue weighted by atomic mass is 9.85. The van der Waals surface area contributed by atoms with Gasteiger partial charge in [0.2, 0.25) is 0 Å². The molecule has 0 aliphatic carbocycles. The highest BCUT2D eigenvalue weighted by molar-refractivity contribution is 6.02. The van der Waals surface area contributed by atoms with Crippen LogP contribution in [0, 0.1) is 12.3 Å². The molecule has 1 aromatic heterocycles. The first-order chi connectivity index (χ1) is 14.6. The molecule has 0 aliphatic rings. The highest BCUT2D eigenvalue weighted by Gasteiger charge is 2.26.